The molecule has 0 spiro atoms. The maximum Gasteiger partial charge on any atom is 0.243 e. The highest BCUT2D eigenvalue weighted by molar-refractivity contribution is 7.89. The van der Waals surface area contributed by atoms with Crippen molar-refractivity contribution in [3.05, 3.63) is 24.3 Å². The van der Waals surface area contributed by atoms with Crippen LogP contribution < -0.4 is 10.2 Å². The topological polar surface area (TPSA) is 70.9 Å². The van der Waals surface area contributed by atoms with Crippen LogP contribution in [0.5, 0.6) is 0 Å². The van der Waals surface area contributed by atoms with Crippen molar-refractivity contribution in [3.8, 4) is 0 Å². The number of rotatable bonds is 5. The van der Waals surface area contributed by atoms with Crippen LogP contribution in [0.15, 0.2) is 29.2 Å². The summed E-state index contributed by atoms with van der Waals surface area (Å²) in [5, 5.41) is 2.63. The van der Waals surface area contributed by atoms with Crippen LogP contribution in [0, 0.1) is 0 Å². The van der Waals surface area contributed by atoms with E-state index in [0.29, 0.717) is 18.8 Å². The van der Waals surface area contributed by atoms with Crippen LogP contribution in [0.25, 0.3) is 0 Å². The van der Waals surface area contributed by atoms with Gasteiger partial charge < -0.3 is 10.2 Å². The van der Waals surface area contributed by atoms with E-state index < -0.39 is 10.0 Å². The summed E-state index contributed by atoms with van der Waals surface area (Å²) in [5.41, 5.74) is 0.601. The number of carbonyl (C=O) groups excluding carboxylic acids is 1. The molecular weight excluding hydrogens is 302 g/mol. The lowest BCUT2D eigenvalue weighted by Crippen LogP contribution is -3.14. The van der Waals surface area contributed by atoms with Crippen molar-refractivity contribution in [3.63, 3.8) is 0 Å². The van der Waals surface area contributed by atoms with Gasteiger partial charge in [-0.15, -0.1) is 0 Å². The summed E-state index contributed by atoms with van der Waals surface area (Å²) in [6, 6.07) is 6.33. The molecular formula is C15H24N3O3S+. The van der Waals surface area contributed by atoms with E-state index in [9.17, 15) is 13.2 Å². The van der Waals surface area contributed by atoms with E-state index in [1.165, 1.54) is 11.8 Å². The number of nitrogens with one attached hydrogen (secondary N) is 2. The molecule has 1 aliphatic heterocycles. The largest absolute Gasteiger partial charge is 0.333 e. The first-order valence-electron chi connectivity index (χ1n) is 7.65. The number of nitrogens with zero attached hydrogens (tertiary/aromatic N) is 1. The van der Waals surface area contributed by atoms with Gasteiger partial charge in [0.25, 0.3) is 0 Å². The Balaban J connectivity index is 2.06. The van der Waals surface area contributed by atoms with Crippen LogP contribution >= 0.6 is 0 Å². The van der Waals surface area contributed by atoms with Crippen LogP contribution in [-0.2, 0) is 14.8 Å². The Morgan fingerprint density at radius 2 is 1.82 bits per heavy atom. The molecule has 1 saturated heterocycles. The summed E-state index contributed by atoms with van der Waals surface area (Å²) >= 11 is 0. The van der Waals surface area contributed by atoms with Gasteiger partial charge in [0.15, 0.2) is 0 Å². The van der Waals surface area contributed by atoms with Crippen molar-refractivity contribution in [2.45, 2.75) is 25.2 Å². The van der Waals surface area contributed by atoms with Crippen molar-refractivity contribution in [1.82, 2.24) is 4.31 Å². The van der Waals surface area contributed by atoms with E-state index in [1.807, 2.05) is 0 Å². The summed E-state index contributed by atoms with van der Waals surface area (Å²) < 4.78 is 26.8. The molecule has 7 heteroatoms. The molecule has 1 heterocycles. The van der Waals surface area contributed by atoms with Crippen molar-refractivity contribution in [2.24, 2.45) is 0 Å². The van der Waals surface area contributed by atoms with Crippen molar-refractivity contribution < 1.29 is 18.1 Å². The quantitative estimate of drug-likeness (QED) is 0.797. The minimum absolute atomic E-state index is 0.175. The first-order valence-corrected chi connectivity index (χ1v) is 9.09. The normalized spacial score (nSPS) is 17.4. The number of hydrogen-bond acceptors (Lipinski definition) is 3. The zero-order valence-corrected chi connectivity index (χ0v) is 13.9. The maximum absolute atomic E-state index is 12.6. The van der Waals surface area contributed by atoms with Crippen LogP contribution in [0.2, 0.25) is 0 Å². The van der Waals surface area contributed by atoms with Gasteiger partial charge in [-0.1, -0.05) is 6.92 Å². The maximum atomic E-state index is 12.6. The van der Waals surface area contributed by atoms with Crippen LogP contribution in [0.3, 0.4) is 0 Å². The number of amides is 1. The zero-order valence-electron chi connectivity index (χ0n) is 13.1. The molecule has 0 bridgehead atoms. The summed E-state index contributed by atoms with van der Waals surface area (Å²) in [4.78, 5) is 12.7. The number of hydrogen-bond donors (Lipinski definition) is 2. The molecule has 0 atom stereocenters. The fourth-order valence-electron chi connectivity index (χ4n) is 2.71. The monoisotopic (exact) mass is 326 g/mol. The van der Waals surface area contributed by atoms with E-state index in [0.717, 1.165) is 26.1 Å². The lowest BCUT2D eigenvalue weighted by molar-refractivity contribution is -0.903. The Hall–Kier alpha value is -1.44. The molecule has 1 amide bonds. The summed E-state index contributed by atoms with van der Waals surface area (Å²) in [7, 11) is -3.44. The van der Waals surface area contributed by atoms with Gasteiger partial charge >= 0.3 is 0 Å². The van der Waals surface area contributed by atoms with E-state index in [-0.39, 0.29) is 10.8 Å². The van der Waals surface area contributed by atoms with Gasteiger partial charge in [-0.25, -0.2) is 8.42 Å². The summed E-state index contributed by atoms with van der Waals surface area (Å²) in [5.74, 6) is -0.175. The Kier molecular flexibility index (Phi) is 5.55. The Labute approximate surface area is 132 Å². The molecule has 0 unspecified atom stereocenters. The van der Waals surface area contributed by atoms with E-state index in [1.54, 1.807) is 28.6 Å². The molecule has 2 N–H and O–H groups in total. The third-order valence-electron chi connectivity index (χ3n) is 3.85. The van der Waals surface area contributed by atoms with Crippen molar-refractivity contribution >= 4 is 21.6 Å². The van der Waals surface area contributed by atoms with Gasteiger partial charge in [0.1, 0.15) is 0 Å². The van der Waals surface area contributed by atoms with Gasteiger partial charge in [-0.2, -0.15) is 4.31 Å². The molecule has 22 heavy (non-hydrogen) atoms. The number of carbonyl (C=O) groups is 1. The van der Waals surface area contributed by atoms with E-state index in [2.05, 4.69) is 12.2 Å². The molecule has 0 aliphatic carbocycles. The highest BCUT2D eigenvalue weighted by Gasteiger charge is 2.29. The first kappa shape index (κ1) is 16.9. The number of sulfonamides is 1. The Morgan fingerprint density at radius 3 is 2.32 bits per heavy atom. The third-order valence-corrected chi connectivity index (χ3v) is 5.76. The molecule has 1 aliphatic rings. The highest BCUT2D eigenvalue weighted by atomic mass is 32.2. The van der Waals surface area contributed by atoms with Crippen molar-refractivity contribution in [1.29, 1.82) is 0 Å². The molecule has 1 fully saturated rings. The minimum atomic E-state index is -3.44. The van der Waals surface area contributed by atoms with Gasteiger partial charge in [0.2, 0.25) is 15.9 Å². The first-order chi connectivity index (χ1) is 10.4. The van der Waals surface area contributed by atoms with Crippen LogP contribution in [-0.4, -0.2) is 51.4 Å². The fraction of sp³-hybridized carbons (Fsp3) is 0.533. The second-order valence-electron chi connectivity index (χ2n) is 5.61. The van der Waals surface area contributed by atoms with Gasteiger partial charge in [0, 0.05) is 12.6 Å². The number of benzene rings is 1. The van der Waals surface area contributed by atoms with Crippen LogP contribution in [0.4, 0.5) is 5.69 Å². The number of anilines is 1. The Morgan fingerprint density at radius 1 is 1.23 bits per heavy atom. The molecule has 6 nitrogen and oxygen atoms in total. The van der Waals surface area contributed by atoms with E-state index in [4.69, 9.17) is 0 Å². The minimum Gasteiger partial charge on any atom is -0.333 e. The molecule has 0 aromatic heterocycles. The van der Waals surface area contributed by atoms with Gasteiger partial charge in [-0.05, 0) is 30.7 Å². The highest BCUT2D eigenvalue weighted by Crippen LogP contribution is 2.18. The summed E-state index contributed by atoms with van der Waals surface area (Å²) in [6.45, 7) is 7.50. The lowest BCUT2D eigenvalue weighted by atomic mass is 10.3. The smallest absolute Gasteiger partial charge is 0.243 e. The molecule has 0 radical (unpaired) electrons. The number of piperazine rings is 1. The average Bonchev–Trinajstić information content (AvgIpc) is 2.48. The third kappa shape index (κ3) is 4.06. The SMILES string of the molecule is CCC[NH+]1CCN(S(=O)(=O)c2ccc(NC(C)=O)cc2)CC1. The number of quaternary nitrogens is 1. The summed E-state index contributed by atoms with van der Waals surface area (Å²) in [6.07, 6.45) is 1.12. The van der Waals surface area contributed by atoms with Gasteiger partial charge in [-0.3, -0.25) is 4.79 Å². The molecule has 1 aromatic rings. The Bertz CT molecular complexity index is 605. The fourth-order valence-corrected chi connectivity index (χ4v) is 4.15. The molecule has 1 aromatic carbocycles. The molecule has 122 valence electrons. The second kappa shape index (κ2) is 7.21. The predicted octanol–water partition coefficient (Wildman–Crippen LogP) is -0.0558. The molecule has 0 saturated carbocycles. The lowest BCUT2D eigenvalue weighted by Gasteiger charge is -2.31. The second-order valence-corrected chi connectivity index (χ2v) is 7.55. The van der Waals surface area contributed by atoms with Crippen LogP contribution in [0.1, 0.15) is 20.3 Å². The van der Waals surface area contributed by atoms with Gasteiger partial charge in [0.05, 0.1) is 37.6 Å². The average molecular weight is 326 g/mol. The van der Waals surface area contributed by atoms with E-state index >= 15 is 0 Å². The zero-order chi connectivity index (χ0) is 16.2. The van der Waals surface area contributed by atoms with Crippen molar-refractivity contribution in [2.75, 3.05) is 38.0 Å². The predicted molar refractivity (Wildman–Crippen MR) is 85.4 cm³/mol. The standard InChI is InChI=1S/C15H23N3O3S/c1-3-8-17-9-11-18(12-10-17)22(20,21)15-6-4-14(5-7-15)16-13(2)19/h4-7H,3,8-12H2,1-2H3,(H,16,19)/p+1. The molecule has 2 rings (SSSR count).